The number of amides is 1. The number of hydrogen-bond donors (Lipinski definition) is 1. The molecule has 20 heavy (non-hydrogen) atoms. The summed E-state index contributed by atoms with van der Waals surface area (Å²) in [6.45, 7) is 3.99. The first kappa shape index (κ1) is 15.0. The van der Waals surface area contributed by atoms with Crippen LogP contribution in [-0.4, -0.2) is 35.6 Å². The van der Waals surface area contributed by atoms with Crippen LogP contribution >= 0.6 is 12.2 Å². The number of rotatable bonds is 5. The van der Waals surface area contributed by atoms with Crippen LogP contribution in [-0.2, 0) is 16.1 Å². The van der Waals surface area contributed by atoms with E-state index >= 15 is 0 Å². The summed E-state index contributed by atoms with van der Waals surface area (Å²) in [5, 5.41) is 0. The summed E-state index contributed by atoms with van der Waals surface area (Å²) in [5.41, 5.74) is 5.11. The van der Waals surface area contributed by atoms with Gasteiger partial charge < -0.3 is 19.8 Å². The Balaban J connectivity index is 2.18. The minimum absolute atomic E-state index is 0.0211. The van der Waals surface area contributed by atoms with Crippen LogP contribution in [0.4, 0.5) is 0 Å². The largest absolute Gasteiger partial charge is 0.467 e. The second-order valence-corrected chi connectivity index (χ2v) is 5.40. The third kappa shape index (κ3) is 2.86. The fourth-order valence-electron chi connectivity index (χ4n) is 2.51. The molecule has 5 nitrogen and oxygen atoms in total. The van der Waals surface area contributed by atoms with Gasteiger partial charge in [0.1, 0.15) is 11.2 Å². The lowest BCUT2D eigenvalue weighted by Gasteiger charge is -2.38. The van der Waals surface area contributed by atoms with E-state index in [-0.39, 0.29) is 10.9 Å². The Bertz CT molecular complexity index is 467. The van der Waals surface area contributed by atoms with Crippen LogP contribution in [0.5, 0.6) is 0 Å². The van der Waals surface area contributed by atoms with Crippen LogP contribution in [0.3, 0.4) is 0 Å². The van der Waals surface area contributed by atoms with E-state index in [4.69, 9.17) is 27.1 Å². The van der Waals surface area contributed by atoms with Crippen molar-refractivity contribution in [2.24, 2.45) is 11.1 Å². The molecule has 6 heteroatoms. The third-order valence-corrected chi connectivity index (χ3v) is 4.21. The molecule has 110 valence electrons. The minimum atomic E-state index is -0.768. The van der Waals surface area contributed by atoms with Gasteiger partial charge in [0.2, 0.25) is 5.91 Å². The highest BCUT2D eigenvalue weighted by Gasteiger charge is 2.45. The number of hydrogen-bond acceptors (Lipinski definition) is 4. The molecule has 0 radical (unpaired) electrons. The van der Waals surface area contributed by atoms with Crippen LogP contribution in [0, 0.1) is 5.41 Å². The Kier molecular flexibility index (Phi) is 4.77. The third-order valence-electron chi connectivity index (χ3n) is 3.82. The fraction of sp³-hybridized carbons (Fsp3) is 0.571. The standard InChI is InChI=1S/C14H20N2O3S/c1-2-16(10-11-4-3-7-19-11)13(17)14(12(15)20)5-8-18-9-6-14/h3-4,7H,2,5-6,8-10H2,1H3,(H2,15,20). The Labute approximate surface area is 124 Å². The van der Waals surface area contributed by atoms with Crippen molar-refractivity contribution >= 4 is 23.1 Å². The van der Waals surface area contributed by atoms with Crippen LogP contribution in [0.15, 0.2) is 22.8 Å². The zero-order chi connectivity index (χ0) is 14.6. The molecular formula is C14H20N2O3S. The predicted octanol–water partition coefficient (Wildman–Crippen LogP) is 1.71. The van der Waals surface area contributed by atoms with E-state index in [1.807, 2.05) is 19.1 Å². The van der Waals surface area contributed by atoms with E-state index in [1.165, 1.54) is 0 Å². The van der Waals surface area contributed by atoms with Crippen molar-refractivity contribution in [1.82, 2.24) is 4.90 Å². The van der Waals surface area contributed by atoms with Gasteiger partial charge in [-0.05, 0) is 31.9 Å². The molecule has 0 unspecified atom stereocenters. The Morgan fingerprint density at radius 3 is 2.70 bits per heavy atom. The van der Waals surface area contributed by atoms with E-state index in [9.17, 15) is 4.79 Å². The molecule has 0 saturated carbocycles. The molecule has 1 aromatic rings. The zero-order valence-electron chi connectivity index (χ0n) is 11.6. The van der Waals surface area contributed by atoms with Gasteiger partial charge in [-0.25, -0.2) is 0 Å². The lowest BCUT2D eigenvalue weighted by Crippen LogP contribution is -2.53. The summed E-state index contributed by atoms with van der Waals surface area (Å²) in [6.07, 6.45) is 2.71. The first-order chi connectivity index (χ1) is 9.60. The monoisotopic (exact) mass is 296 g/mol. The molecule has 1 aliphatic rings. The number of nitrogens with zero attached hydrogens (tertiary/aromatic N) is 1. The van der Waals surface area contributed by atoms with Crippen molar-refractivity contribution in [3.05, 3.63) is 24.2 Å². The molecule has 2 rings (SSSR count). The Morgan fingerprint density at radius 2 is 2.20 bits per heavy atom. The van der Waals surface area contributed by atoms with Crippen LogP contribution in [0.25, 0.3) is 0 Å². The van der Waals surface area contributed by atoms with Crippen molar-refractivity contribution in [3.63, 3.8) is 0 Å². The molecule has 1 saturated heterocycles. The highest BCUT2D eigenvalue weighted by molar-refractivity contribution is 7.80. The van der Waals surface area contributed by atoms with E-state index in [1.54, 1.807) is 11.2 Å². The van der Waals surface area contributed by atoms with E-state index in [2.05, 4.69) is 0 Å². The highest BCUT2D eigenvalue weighted by atomic mass is 32.1. The normalized spacial score (nSPS) is 17.6. The number of ether oxygens (including phenoxy) is 1. The molecule has 2 heterocycles. The topological polar surface area (TPSA) is 68.7 Å². The molecule has 1 aliphatic heterocycles. The van der Waals surface area contributed by atoms with Crippen molar-refractivity contribution in [2.45, 2.75) is 26.3 Å². The number of carbonyl (C=O) groups excluding carboxylic acids is 1. The SMILES string of the molecule is CCN(Cc1ccco1)C(=O)C1(C(N)=S)CCOCC1. The lowest BCUT2D eigenvalue weighted by molar-refractivity contribution is -0.143. The maximum Gasteiger partial charge on any atom is 0.236 e. The molecular weight excluding hydrogens is 276 g/mol. The summed E-state index contributed by atoms with van der Waals surface area (Å²) in [6, 6.07) is 3.67. The molecule has 1 aromatic heterocycles. The van der Waals surface area contributed by atoms with Gasteiger partial charge in [0.05, 0.1) is 17.8 Å². The molecule has 0 aromatic carbocycles. The van der Waals surface area contributed by atoms with Gasteiger partial charge in [-0.3, -0.25) is 4.79 Å². The second-order valence-electron chi connectivity index (χ2n) is 4.96. The van der Waals surface area contributed by atoms with Gasteiger partial charge in [0.25, 0.3) is 0 Å². The van der Waals surface area contributed by atoms with Crippen LogP contribution in [0.2, 0.25) is 0 Å². The maximum atomic E-state index is 12.9. The van der Waals surface area contributed by atoms with E-state index < -0.39 is 5.41 Å². The predicted molar refractivity (Wildman–Crippen MR) is 79.1 cm³/mol. The molecule has 1 amide bonds. The smallest absolute Gasteiger partial charge is 0.236 e. The Morgan fingerprint density at radius 1 is 1.50 bits per heavy atom. The summed E-state index contributed by atoms with van der Waals surface area (Å²) >= 11 is 5.17. The van der Waals surface area contributed by atoms with Crippen LogP contribution < -0.4 is 5.73 Å². The van der Waals surface area contributed by atoms with Crippen LogP contribution in [0.1, 0.15) is 25.5 Å². The Hall–Kier alpha value is -1.40. The number of carbonyl (C=O) groups is 1. The van der Waals surface area contributed by atoms with Crippen molar-refractivity contribution < 1.29 is 13.9 Å². The average molecular weight is 296 g/mol. The van der Waals surface area contributed by atoms with Crippen molar-refractivity contribution in [2.75, 3.05) is 19.8 Å². The lowest BCUT2D eigenvalue weighted by atomic mass is 9.78. The molecule has 0 spiro atoms. The molecule has 0 bridgehead atoms. The summed E-state index contributed by atoms with van der Waals surface area (Å²) in [5.74, 6) is 0.734. The average Bonchev–Trinajstić information content (AvgIpc) is 2.97. The van der Waals surface area contributed by atoms with Gasteiger partial charge in [-0.1, -0.05) is 12.2 Å². The highest BCUT2D eigenvalue weighted by Crippen LogP contribution is 2.33. The minimum Gasteiger partial charge on any atom is -0.467 e. The number of furan rings is 1. The van der Waals surface area contributed by atoms with Gasteiger partial charge in [0, 0.05) is 19.8 Å². The molecule has 1 fully saturated rings. The van der Waals surface area contributed by atoms with E-state index in [0.717, 1.165) is 5.76 Å². The number of thiocarbonyl (C=S) groups is 1. The van der Waals surface area contributed by atoms with Crippen molar-refractivity contribution in [3.8, 4) is 0 Å². The quantitative estimate of drug-likeness (QED) is 0.838. The van der Waals surface area contributed by atoms with E-state index in [0.29, 0.717) is 39.1 Å². The van der Waals surface area contributed by atoms with Gasteiger partial charge >= 0.3 is 0 Å². The molecule has 0 atom stereocenters. The van der Waals surface area contributed by atoms with Gasteiger partial charge in [-0.15, -0.1) is 0 Å². The summed E-state index contributed by atoms with van der Waals surface area (Å²) in [4.78, 5) is 14.9. The first-order valence-electron chi connectivity index (χ1n) is 6.79. The molecule has 0 aliphatic carbocycles. The second kappa shape index (κ2) is 6.37. The number of nitrogens with two attached hydrogens (primary N) is 1. The summed E-state index contributed by atoms with van der Waals surface area (Å²) in [7, 11) is 0. The maximum absolute atomic E-state index is 12.9. The fourth-order valence-corrected chi connectivity index (χ4v) is 2.80. The zero-order valence-corrected chi connectivity index (χ0v) is 12.4. The summed E-state index contributed by atoms with van der Waals surface area (Å²) < 4.78 is 10.7. The van der Waals surface area contributed by atoms with Gasteiger partial charge in [-0.2, -0.15) is 0 Å². The molecule has 2 N–H and O–H groups in total. The first-order valence-corrected chi connectivity index (χ1v) is 7.20. The van der Waals surface area contributed by atoms with Crippen molar-refractivity contribution in [1.29, 1.82) is 0 Å². The van der Waals surface area contributed by atoms with Gasteiger partial charge in [0.15, 0.2) is 0 Å².